The van der Waals surface area contributed by atoms with Gasteiger partial charge in [0.2, 0.25) is 0 Å². The van der Waals surface area contributed by atoms with E-state index in [1.807, 2.05) is 0 Å². The fourth-order valence-corrected chi connectivity index (χ4v) is 1.74. The molecule has 4 nitrogen and oxygen atoms in total. The van der Waals surface area contributed by atoms with Gasteiger partial charge in [0, 0.05) is 11.6 Å². The van der Waals surface area contributed by atoms with Crippen LogP contribution in [0.15, 0.2) is 42.5 Å². The van der Waals surface area contributed by atoms with Crippen molar-refractivity contribution in [3.63, 3.8) is 0 Å². The Balaban J connectivity index is 1.87. The molecule has 21 heavy (non-hydrogen) atoms. The van der Waals surface area contributed by atoms with Crippen molar-refractivity contribution in [3.8, 4) is 17.2 Å². The van der Waals surface area contributed by atoms with Crippen LogP contribution in [0.3, 0.4) is 0 Å². The van der Waals surface area contributed by atoms with Crippen molar-refractivity contribution in [2.24, 2.45) is 0 Å². The van der Waals surface area contributed by atoms with Crippen molar-refractivity contribution in [2.45, 2.75) is 0 Å². The smallest absolute Gasteiger partial charge is 0.161 e. The van der Waals surface area contributed by atoms with E-state index in [1.54, 1.807) is 30.3 Å². The van der Waals surface area contributed by atoms with Gasteiger partial charge in [-0.1, -0.05) is 6.07 Å². The van der Waals surface area contributed by atoms with Crippen LogP contribution in [0.5, 0.6) is 17.2 Å². The molecule has 0 aliphatic heterocycles. The molecule has 0 spiro atoms. The maximum absolute atomic E-state index is 13.0. The molecule has 0 saturated carbocycles. The third-order valence-electron chi connectivity index (χ3n) is 2.73. The van der Waals surface area contributed by atoms with Gasteiger partial charge in [0.1, 0.15) is 31.1 Å². The summed E-state index contributed by atoms with van der Waals surface area (Å²) in [6, 6.07) is 10.8. The molecule has 0 aliphatic rings. The van der Waals surface area contributed by atoms with Crippen LogP contribution in [-0.2, 0) is 0 Å². The van der Waals surface area contributed by atoms with Crippen LogP contribution in [-0.4, -0.2) is 26.6 Å². The second kappa shape index (κ2) is 7.28. The number of rotatable bonds is 7. The van der Waals surface area contributed by atoms with Crippen molar-refractivity contribution in [1.82, 2.24) is 0 Å². The zero-order valence-electron chi connectivity index (χ0n) is 11.5. The molecule has 0 amide bonds. The molecular weight excluding hydrogens is 275 g/mol. The summed E-state index contributed by atoms with van der Waals surface area (Å²) >= 11 is 0. The molecule has 2 aromatic rings. The Morgan fingerprint density at radius 1 is 1.05 bits per heavy atom. The Bertz CT molecular complexity index is 613. The van der Waals surface area contributed by atoms with Crippen molar-refractivity contribution in [3.05, 3.63) is 53.8 Å². The molecule has 0 N–H and O–H groups in total. The minimum Gasteiger partial charge on any atom is -0.493 e. The molecule has 0 aromatic heterocycles. The van der Waals surface area contributed by atoms with Gasteiger partial charge in [-0.2, -0.15) is 0 Å². The number of benzene rings is 2. The fraction of sp³-hybridized carbons (Fsp3) is 0.188. The predicted molar refractivity (Wildman–Crippen MR) is 75.8 cm³/mol. The average molecular weight is 290 g/mol. The molecule has 0 heterocycles. The van der Waals surface area contributed by atoms with Crippen LogP contribution in [0.1, 0.15) is 10.4 Å². The summed E-state index contributed by atoms with van der Waals surface area (Å²) in [4.78, 5) is 10.7. The first-order valence-corrected chi connectivity index (χ1v) is 6.37. The first kappa shape index (κ1) is 14.8. The van der Waals surface area contributed by atoms with E-state index >= 15 is 0 Å². The van der Waals surface area contributed by atoms with Crippen LogP contribution in [0, 0.1) is 5.82 Å². The van der Waals surface area contributed by atoms with Crippen molar-refractivity contribution in [2.75, 3.05) is 20.3 Å². The molecule has 2 rings (SSSR count). The molecular formula is C16H15FO4. The van der Waals surface area contributed by atoms with Crippen LogP contribution >= 0.6 is 0 Å². The van der Waals surface area contributed by atoms with Gasteiger partial charge < -0.3 is 14.2 Å². The molecule has 0 aliphatic carbocycles. The number of aldehydes is 1. The van der Waals surface area contributed by atoms with Gasteiger partial charge in [-0.25, -0.2) is 4.39 Å². The summed E-state index contributed by atoms with van der Waals surface area (Å²) in [5, 5.41) is 0. The minimum absolute atomic E-state index is 0.266. The summed E-state index contributed by atoms with van der Waals surface area (Å²) in [5.41, 5.74) is 0.509. The average Bonchev–Trinajstić information content (AvgIpc) is 2.51. The van der Waals surface area contributed by atoms with Gasteiger partial charge in [0.25, 0.3) is 0 Å². The Labute approximate surface area is 122 Å². The highest BCUT2D eigenvalue weighted by Gasteiger charge is 2.05. The third-order valence-corrected chi connectivity index (χ3v) is 2.73. The van der Waals surface area contributed by atoms with E-state index in [-0.39, 0.29) is 19.0 Å². The highest BCUT2D eigenvalue weighted by atomic mass is 19.1. The molecule has 5 heteroatoms. The number of ether oxygens (including phenoxy) is 3. The van der Waals surface area contributed by atoms with E-state index in [4.69, 9.17) is 14.2 Å². The van der Waals surface area contributed by atoms with Gasteiger partial charge in [-0.05, 0) is 30.3 Å². The van der Waals surface area contributed by atoms with Gasteiger partial charge in [0.15, 0.2) is 11.5 Å². The van der Waals surface area contributed by atoms with Gasteiger partial charge >= 0.3 is 0 Å². The van der Waals surface area contributed by atoms with E-state index in [9.17, 15) is 9.18 Å². The summed E-state index contributed by atoms with van der Waals surface area (Å²) in [6.07, 6.45) is 0.735. The van der Waals surface area contributed by atoms with E-state index in [0.717, 1.165) is 6.29 Å². The normalized spacial score (nSPS) is 10.0. The molecule has 0 saturated heterocycles. The zero-order chi connectivity index (χ0) is 15.1. The quantitative estimate of drug-likeness (QED) is 0.580. The first-order chi connectivity index (χ1) is 10.2. The van der Waals surface area contributed by atoms with Crippen molar-refractivity contribution in [1.29, 1.82) is 0 Å². The van der Waals surface area contributed by atoms with Crippen molar-refractivity contribution >= 4 is 6.29 Å². The number of methoxy groups -OCH3 is 1. The number of carbonyl (C=O) groups excluding carboxylic acids is 1. The first-order valence-electron chi connectivity index (χ1n) is 6.37. The Morgan fingerprint density at radius 3 is 2.57 bits per heavy atom. The zero-order valence-corrected chi connectivity index (χ0v) is 11.5. The summed E-state index contributed by atoms with van der Waals surface area (Å²) in [7, 11) is 1.50. The molecule has 0 fully saturated rings. The second-order valence-electron chi connectivity index (χ2n) is 4.18. The molecule has 0 unspecified atom stereocenters. The number of halogens is 1. The standard InChI is InChI=1S/C16H15FO4/c1-19-16-9-12(11-18)5-6-15(16)21-8-7-20-14-4-2-3-13(17)10-14/h2-6,9-11H,7-8H2,1H3. The lowest BCUT2D eigenvalue weighted by Gasteiger charge is -2.11. The number of hydrogen-bond acceptors (Lipinski definition) is 4. The SMILES string of the molecule is COc1cc(C=O)ccc1OCCOc1cccc(F)c1. The van der Waals surface area contributed by atoms with Crippen LogP contribution in [0.2, 0.25) is 0 Å². The topological polar surface area (TPSA) is 44.8 Å². The van der Waals surface area contributed by atoms with E-state index < -0.39 is 0 Å². The molecule has 0 radical (unpaired) electrons. The lowest BCUT2D eigenvalue weighted by Crippen LogP contribution is -2.09. The van der Waals surface area contributed by atoms with E-state index in [0.29, 0.717) is 22.8 Å². The fourth-order valence-electron chi connectivity index (χ4n) is 1.74. The molecule has 0 bridgehead atoms. The molecule has 110 valence electrons. The Kier molecular flexibility index (Phi) is 5.15. The summed E-state index contributed by atoms with van der Waals surface area (Å²) in [6.45, 7) is 0.537. The maximum atomic E-state index is 13.0. The Morgan fingerprint density at radius 2 is 1.86 bits per heavy atom. The lowest BCUT2D eigenvalue weighted by molar-refractivity contribution is 0.112. The van der Waals surface area contributed by atoms with Gasteiger partial charge in [-0.15, -0.1) is 0 Å². The lowest BCUT2D eigenvalue weighted by atomic mass is 10.2. The van der Waals surface area contributed by atoms with E-state index in [1.165, 1.54) is 19.2 Å². The highest BCUT2D eigenvalue weighted by Crippen LogP contribution is 2.27. The van der Waals surface area contributed by atoms with Crippen LogP contribution < -0.4 is 14.2 Å². The molecule has 2 aromatic carbocycles. The number of hydrogen-bond donors (Lipinski definition) is 0. The van der Waals surface area contributed by atoms with Crippen LogP contribution in [0.25, 0.3) is 0 Å². The van der Waals surface area contributed by atoms with E-state index in [2.05, 4.69) is 0 Å². The van der Waals surface area contributed by atoms with Gasteiger partial charge in [-0.3, -0.25) is 4.79 Å². The largest absolute Gasteiger partial charge is 0.493 e. The second-order valence-corrected chi connectivity index (χ2v) is 4.18. The van der Waals surface area contributed by atoms with Crippen LogP contribution in [0.4, 0.5) is 4.39 Å². The number of carbonyl (C=O) groups is 1. The van der Waals surface area contributed by atoms with Crippen molar-refractivity contribution < 1.29 is 23.4 Å². The Hall–Kier alpha value is -2.56. The highest BCUT2D eigenvalue weighted by molar-refractivity contribution is 5.76. The van der Waals surface area contributed by atoms with Gasteiger partial charge in [0.05, 0.1) is 7.11 Å². The summed E-state index contributed by atoms with van der Waals surface area (Å²) < 4.78 is 29.0. The summed E-state index contributed by atoms with van der Waals surface area (Å²) in [5.74, 6) is 1.10. The maximum Gasteiger partial charge on any atom is 0.161 e. The monoisotopic (exact) mass is 290 g/mol. The predicted octanol–water partition coefficient (Wildman–Crippen LogP) is 3.10. The third kappa shape index (κ3) is 4.21. The minimum atomic E-state index is -0.348. The molecule has 0 atom stereocenters.